The SMILES string of the molecule is CC(C)Oc1cccc(C(=O)CN)c1. The minimum atomic E-state index is -0.0702. The number of nitrogens with two attached hydrogens (primary N) is 1. The second-order valence-electron chi connectivity index (χ2n) is 3.32. The van der Waals surface area contributed by atoms with Crippen molar-refractivity contribution < 1.29 is 9.53 Å². The summed E-state index contributed by atoms with van der Waals surface area (Å²) in [6, 6.07) is 7.07. The van der Waals surface area contributed by atoms with Crippen LogP contribution in [-0.2, 0) is 0 Å². The van der Waals surface area contributed by atoms with E-state index < -0.39 is 0 Å². The molecule has 0 aliphatic heterocycles. The normalized spacial score (nSPS) is 10.3. The summed E-state index contributed by atoms with van der Waals surface area (Å²) in [7, 11) is 0. The van der Waals surface area contributed by atoms with Gasteiger partial charge in [0.1, 0.15) is 5.75 Å². The molecule has 0 amide bonds. The molecule has 76 valence electrons. The average molecular weight is 193 g/mol. The van der Waals surface area contributed by atoms with Crippen molar-refractivity contribution in [2.75, 3.05) is 6.54 Å². The van der Waals surface area contributed by atoms with Crippen molar-refractivity contribution in [3.63, 3.8) is 0 Å². The van der Waals surface area contributed by atoms with Gasteiger partial charge in [0.05, 0.1) is 12.6 Å². The molecule has 1 aromatic rings. The number of Topliss-reactive ketones (excluding diaryl/α,β-unsaturated/α-hetero) is 1. The van der Waals surface area contributed by atoms with Crippen LogP contribution in [0.15, 0.2) is 24.3 Å². The first-order chi connectivity index (χ1) is 6.63. The van der Waals surface area contributed by atoms with Crippen molar-refractivity contribution in [3.8, 4) is 5.75 Å². The van der Waals surface area contributed by atoms with Crippen LogP contribution >= 0.6 is 0 Å². The van der Waals surface area contributed by atoms with Crippen molar-refractivity contribution in [2.45, 2.75) is 20.0 Å². The molecular weight excluding hydrogens is 178 g/mol. The van der Waals surface area contributed by atoms with Gasteiger partial charge in [-0.25, -0.2) is 0 Å². The Morgan fingerprint density at radius 3 is 2.79 bits per heavy atom. The second-order valence-corrected chi connectivity index (χ2v) is 3.32. The van der Waals surface area contributed by atoms with Crippen LogP contribution in [-0.4, -0.2) is 18.4 Å². The molecule has 0 aliphatic carbocycles. The molecule has 0 aliphatic rings. The Bertz CT molecular complexity index is 321. The van der Waals surface area contributed by atoms with Crippen LogP contribution in [0.3, 0.4) is 0 Å². The minimum absolute atomic E-state index is 0.0329. The van der Waals surface area contributed by atoms with Gasteiger partial charge in [0.15, 0.2) is 5.78 Å². The van der Waals surface area contributed by atoms with Gasteiger partial charge in [-0.05, 0) is 26.0 Å². The highest BCUT2D eigenvalue weighted by molar-refractivity contribution is 5.97. The number of ketones is 1. The Morgan fingerprint density at radius 1 is 1.50 bits per heavy atom. The molecule has 0 saturated carbocycles. The van der Waals surface area contributed by atoms with Crippen LogP contribution in [0.2, 0.25) is 0 Å². The Morgan fingerprint density at radius 2 is 2.21 bits per heavy atom. The van der Waals surface area contributed by atoms with Crippen LogP contribution in [0.1, 0.15) is 24.2 Å². The van der Waals surface area contributed by atoms with E-state index in [4.69, 9.17) is 10.5 Å². The largest absolute Gasteiger partial charge is 0.491 e. The van der Waals surface area contributed by atoms with Gasteiger partial charge in [0, 0.05) is 5.56 Å². The maximum atomic E-state index is 11.3. The average Bonchev–Trinajstić information content (AvgIpc) is 2.16. The van der Waals surface area contributed by atoms with E-state index in [9.17, 15) is 4.79 Å². The number of ether oxygens (including phenoxy) is 1. The van der Waals surface area contributed by atoms with E-state index in [1.54, 1.807) is 18.2 Å². The summed E-state index contributed by atoms with van der Waals surface area (Å²) in [6.07, 6.45) is 0.109. The molecule has 0 heterocycles. The number of hydrogen-bond donors (Lipinski definition) is 1. The first-order valence-corrected chi connectivity index (χ1v) is 4.63. The van der Waals surface area contributed by atoms with Crippen molar-refractivity contribution >= 4 is 5.78 Å². The quantitative estimate of drug-likeness (QED) is 0.739. The zero-order valence-corrected chi connectivity index (χ0v) is 8.49. The van der Waals surface area contributed by atoms with E-state index >= 15 is 0 Å². The molecule has 0 bridgehead atoms. The Hall–Kier alpha value is -1.35. The minimum Gasteiger partial charge on any atom is -0.491 e. The predicted octanol–water partition coefficient (Wildman–Crippen LogP) is 1.62. The van der Waals surface area contributed by atoms with Gasteiger partial charge in [-0.1, -0.05) is 12.1 Å². The van der Waals surface area contributed by atoms with E-state index in [0.29, 0.717) is 11.3 Å². The Balaban J connectivity index is 2.84. The van der Waals surface area contributed by atoms with Crippen molar-refractivity contribution in [3.05, 3.63) is 29.8 Å². The maximum Gasteiger partial charge on any atom is 0.176 e. The molecule has 14 heavy (non-hydrogen) atoms. The lowest BCUT2D eigenvalue weighted by molar-refractivity contribution is 0.100. The number of carbonyl (C=O) groups is 1. The monoisotopic (exact) mass is 193 g/mol. The van der Waals surface area contributed by atoms with E-state index in [2.05, 4.69) is 0 Å². The summed E-state index contributed by atoms with van der Waals surface area (Å²) in [5.74, 6) is 0.638. The molecule has 0 radical (unpaired) electrons. The van der Waals surface area contributed by atoms with Gasteiger partial charge in [-0.15, -0.1) is 0 Å². The van der Waals surface area contributed by atoms with E-state index in [0.717, 1.165) is 0 Å². The van der Waals surface area contributed by atoms with Gasteiger partial charge in [-0.3, -0.25) is 4.79 Å². The van der Waals surface area contributed by atoms with Crippen molar-refractivity contribution in [1.29, 1.82) is 0 Å². The van der Waals surface area contributed by atoms with E-state index in [1.807, 2.05) is 19.9 Å². The van der Waals surface area contributed by atoms with Crippen LogP contribution in [0, 0.1) is 0 Å². The number of hydrogen-bond acceptors (Lipinski definition) is 3. The smallest absolute Gasteiger partial charge is 0.176 e. The van der Waals surface area contributed by atoms with Crippen LogP contribution in [0.5, 0.6) is 5.75 Å². The molecule has 0 atom stereocenters. The van der Waals surface area contributed by atoms with Gasteiger partial charge in [0.25, 0.3) is 0 Å². The molecule has 0 spiro atoms. The highest BCUT2D eigenvalue weighted by atomic mass is 16.5. The fourth-order valence-electron chi connectivity index (χ4n) is 1.13. The third-order valence-corrected chi connectivity index (χ3v) is 1.71. The summed E-state index contributed by atoms with van der Waals surface area (Å²) in [5.41, 5.74) is 5.87. The van der Waals surface area contributed by atoms with E-state index in [-0.39, 0.29) is 18.4 Å². The highest BCUT2D eigenvalue weighted by Crippen LogP contribution is 2.14. The summed E-state index contributed by atoms with van der Waals surface area (Å²) in [4.78, 5) is 11.3. The molecule has 0 aromatic heterocycles. The summed E-state index contributed by atoms with van der Waals surface area (Å²) >= 11 is 0. The lowest BCUT2D eigenvalue weighted by Gasteiger charge is -2.10. The summed E-state index contributed by atoms with van der Waals surface area (Å²) in [5, 5.41) is 0. The third-order valence-electron chi connectivity index (χ3n) is 1.71. The molecular formula is C11H15NO2. The Labute approximate surface area is 83.9 Å². The summed E-state index contributed by atoms with van der Waals surface area (Å²) < 4.78 is 5.46. The molecule has 3 nitrogen and oxygen atoms in total. The lowest BCUT2D eigenvalue weighted by Crippen LogP contribution is -2.14. The van der Waals surface area contributed by atoms with Crippen LogP contribution < -0.4 is 10.5 Å². The van der Waals surface area contributed by atoms with Crippen molar-refractivity contribution in [2.24, 2.45) is 5.73 Å². The zero-order valence-electron chi connectivity index (χ0n) is 8.49. The van der Waals surface area contributed by atoms with Gasteiger partial charge >= 0.3 is 0 Å². The fraction of sp³-hybridized carbons (Fsp3) is 0.364. The van der Waals surface area contributed by atoms with Gasteiger partial charge in [-0.2, -0.15) is 0 Å². The third kappa shape index (κ3) is 2.85. The maximum absolute atomic E-state index is 11.3. The number of carbonyl (C=O) groups excluding carboxylic acids is 1. The zero-order chi connectivity index (χ0) is 10.6. The van der Waals surface area contributed by atoms with Crippen LogP contribution in [0.4, 0.5) is 0 Å². The van der Waals surface area contributed by atoms with E-state index in [1.165, 1.54) is 0 Å². The van der Waals surface area contributed by atoms with Gasteiger partial charge in [0.2, 0.25) is 0 Å². The molecule has 0 fully saturated rings. The second kappa shape index (κ2) is 4.77. The molecule has 1 aromatic carbocycles. The van der Waals surface area contributed by atoms with Crippen molar-refractivity contribution in [1.82, 2.24) is 0 Å². The predicted molar refractivity (Wildman–Crippen MR) is 55.6 cm³/mol. The standard InChI is InChI=1S/C11H15NO2/c1-8(2)14-10-5-3-4-9(6-10)11(13)7-12/h3-6,8H,7,12H2,1-2H3. The van der Waals surface area contributed by atoms with Crippen LogP contribution in [0.25, 0.3) is 0 Å². The highest BCUT2D eigenvalue weighted by Gasteiger charge is 2.04. The summed E-state index contributed by atoms with van der Waals surface area (Å²) in [6.45, 7) is 3.92. The fourth-order valence-corrected chi connectivity index (χ4v) is 1.13. The molecule has 0 unspecified atom stereocenters. The number of rotatable bonds is 4. The topological polar surface area (TPSA) is 52.3 Å². The molecule has 0 saturated heterocycles. The molecule has 1 rings (SSSR count). The number of benzene rings is 1. The molecule has 2 N–H and O–H groups in total. The first-order valence-electron chi connectivity index (χ1n) is 4.63. The molecule has 3 heteroatoms. The van der Waals surface area contributed by atoms with Gasteiger partial charge < -0.3 is 10.5 Å². The lowest BCUT2D eigenvalue weighted by atomic mass is 10.1. The first kappa shape index (κ1) is 10.7. The Kier molecular flexibility index (Phi) is 3.65.